The van der Waals surface area contributed by atoms with Crippen LogP contribution in [-0.2, 0) is 0 Å². The summed E-state index contributed by atoms with van der Waals surface area (Å²) in [5, 5.41) is 6.61. The van der Waals surface area contributed by atoms with Gasteiger partial charge in [0, 0.05) is 21.5 Å². The van der Waals surface area contributed by atoms with Crippen molar-refractivity contribution >= 4 is 57.9 Å². The van der Waals surface area contributed by atoms with Crippen molar-refractivity contribution in [3.63, 3.8) is 0 Å². The molecule has 0 aliphatic carbocycles. The van der Waals surface area contributed by atoms with Gasteiger partial charge in [0.1, 0.15) is 0 Å². The number of hydrogen-bond donors (Lipinski definition) is 1. The van der Waals surface area contributed by atoms with E-state index in [0.717, 1.165) is 22.2 Å². The quantitative estimate of drug-likeness (QED) is 0.291. The third-order valence-corrected chi connectivity index (χ3v) is 5.12. The van der Waals surface area contributed by atoms with Gasteiger partial charge in [0.15, 0.2) is 0 Å². The second kappa shape index (κ2) is 8.15. The van der Waals surface area contributed by atoms with E-state index in [2.05, 4.69) is 20.5 Å². The molecule has 0 unspecified atom stereocenters. The Morgan fingerprint density at radius 2 is 1.68 bits per heavy atom. The largest absolute Gasteiger partial charge is 0.245 e. The summed E-state index contributed by atoms with van der Waals surface area (Å²) in [6.07, 6.45) is 1.57. The van der Waals surface area contributed by atoms with E-state index < -0.39 is 0 Å². The molecule has 3 aromatic carbocycles. The van der Waals surface area contributed by atoms with E-state index in [4.69, 9.17) is 34.8 Å². The first-order valence-electron chi connectivity index (χ1n) is 8.37. The van der Waals surface area contributed by atoms with Gasteiger partial charge < -0.3 is 0 Å². The average Bonchev–Trinajstić information content (AvgIpc) is 2.71. The highest BCUT2D eigenvalue weighted by atomic mass is 35.5. The van der Waals surface area contributed by atoms with Crippen LogP contribution >= 0.6 is 34.8 Å². The minimum absolute atomic E-state index is 0.350. The monoisotopic (exact) mass is 426 g/mol. The molecule has 0 fully saturated rings. The molecule has 138 valence electrons. The van der Waals surface area contributed by atoms with Crippen molar-refractivity contribution in [1.82, 2.24) is 9.97 Å². The summed E-state index contributed by atoms with van der Waals surface area (Å²) in [5.41, 5.74) is 6.04. The number of halogens is 3. The van der Waals surface area contributed by atoms with Crippen molar-refractivity contribution in [3.05, 3.63) is 87.4 Å². The lowest BCUT2D eigenvalue weighted by Crippen LogP contribution is -2.00. The zero-order valence-corrected chi connectivity index (χ0v) is 16.7. The summed E-state index contributed by atoms with van der Waals surface area (Å²) in [5.74, 6) is 0.350. The minimum Gasteiger partial charge on any atom is -0.245 e. The van der Waals surface area contributed by atoms with Gasteiger partial charge in [-0.2, -0.15) is 5.10 Å². The SMILES string of the molecule is Clc1ccc2c(-c3ccccc3)nc(N/N=C/c3cccc(Cl)c3Cl)nc2c1. The first-order chi connectivity index (χ1) is 13.6. The number of rotatable bonds is 4. The minimum atomic E-state index is 0.350. The predicted molar refractivity (Wildman–Crippen MR) is 118 cm³/mol. The van der Waals surface area contributed by atoms with E-state index in [1.54, 1.807) is 24.4 Å². The number of hydrogen-bond acceptors (Lipinski definition) is 4. The van der Waals surface area contributed by atoms with Gasteiger partial charge >= 0.3 is 0 Å². The Bertz CT molecular complexity index is 1180. The highest BCUT2D eigenvalue weighted by Gasteiger charge is 2.10. The Balaban J connectivity index is 1.73. The number of anilines is 1. The molecule has 4 aromatic rings. The van der Waals surface area contributed by atoms with E-state index in [0.29, 0.717) is 26.6 Å². The van der Waals surface area contributed by atoms with Crippen molar-refractivity contribution in [2.24, 2.45) is 5.10 Å². The lowest BCUT2D eigenvalue weighted by Gasteiger charge is -2.09. The van der Waals surface area contributed by atoms with Crippen molar-refractivity contribution in [3.8, 4) is 11.3 Å². The highest BCUT2D eigenvalue weighted by molar-refractivity contribution is 6.43. The van der Waals surface area contributed by atoms with Crippen LogP contribution in [0.3, 0.4) is 0 Å². The van der Waals surface area contributed by atoms with Crippen LogP contribution in [0, 0.1) is 0 Å². The van der Waals surface area contributed by atoms with E-state index in [-0.39, 0.29) is 0 Å². The zero-order chi connectivity index (χ0) is 19.5. The summed E-state index contributed by atoms with van der Waals surface area (Å²) < 4.78 is 0. The molecule has 0 aliphatic heterocycles. The normalized spacial score (nSPS) is 11.2. The summed E-state index contributed by atoms with van der Waals surface area (Å²) >= 11 is 18.4. The van der Waals surface area contributed by atoms with Gasteiger partial charge in [-0.15, -0.1) is 0 Å². The number of aromatic nitrogens is 2. The summed E-state index contributed by atoms with van der Waals surface area (Å²) in [6.45, 7) is 0. The van der Waals surface area contributed by atoms with E-state index in [1.807, 2.05) is 48.5 Å². The van der Waals surface area contributed by atoms with Crippen molar-refractivity contribution in [1.29, 1.82) is 0 Å². The molecule has 0 saturated carbocycles. The van der Waals surface area contributed by atoms with Crippen LogP contribution in [0.4, 0.5) is 5.95 Å². The number of nitrogens with one attached hydrogen (secondary N) is 1. The molecule has 28 heavy (non-hydrogen) atoms. The molecule has 1 aromatic heterocycles. The first kappa shape index (κ1) is 18.7. The fourth-order valence-corrected chi connectivity index (χ4v) is 3.27. The summed E-state index contributed by atoms with van der Waals surface area (Å²) in [6, 6.07) is 20.8. The van der Waals surface area contributed by atoms with Crippen LogP contribution in [0.15, 0.2) is 71.8 Å². The van der Waals surface area contributed by atoms with E-state index in [9.17, 15) is 0 Å². The fourth-order valence-electron chi connectivity index (χ4n) is 2.75. The van der Waals surface area contributed by atoms with E-state index in [1.165, 1.54) is 0 Å². The fraction of sp³-hybridized carbons (Fsp3) is 0. The van der Waals surface area contributed by atoms with Crippen LogP contribution in [0.2, 0.25) is 15.1 Å². The summed E-state index contributed by atoms with van der Waals surface area (Å²) in [4.78, 5) is 9.15. The third kappa shape index (κ3) is 3.94. The second-order valence-electron chi connectivity index (χ2n) is 5.94. The molecule has 4 rings (SSSR count). The number of fused-ring (bicyclic) bond motifs is 1. The van der Waals surface area contributed by atoms with Gasteiger partial charge in [-0.1, -0.05) is 77.3 Å². The molecule has 1 heterocycles. The molecule has 0 spiro atoms. The molecule has 0 amide bonds. The van der Waals surface area contributed by atoms with Crippen molar-refractivity contribution in [2.45, 2.75) is 0 Å². The zero-order valence-electron chi connectivity index (χ0n) is 14.4. The molecular formula is C21H13Cl3N4. The Morgan fingerprint density at radius 3 is 2.50 bits per heavy atom. The lowest BCUT2D eigenvalue weighted by molar-refractivity contribution is 1.16. The molecule has 1 N–H and O–H groups in total. The van der Waals surface area contributed by atoms with Crippen LogP contribution in [0.1, 0.15) is 5.56 Å². The average molecular weight is 428 g/mol. The molecule has 0 bridgehead atoms. The maximum Gasteiger partial charge on any atom is 0.244 e. The Labute approximate surface area is 176 Å². The lowest BCUT2D eigenvalue weighted by atomic mass is 10.1. The van der Waals surface area contributed by atoms with E-state index >= 15 is 0 Å². The Morgan fingerprint density at radius 1 is 0.857 bits per heavy atom. The molecule has 4 nitrogen and oxygen atoms in total. The Hall–Kier alpha value is -2.66. The maximum absolute atomic E-state index is 6.18. The van der Waals surface area contributed by atoms with Gasteiger partial charge in [0.05, 0.1) is 27.5 Å². The standard InChI is InChI=1S/C21H13Cl3N4/c22-15-9-10-16-18(11-15)26-21(27-20(16)13-5-2-1-3-6-13)28-25-12-14-7-4-8-17(23)19(14)24/h1-12H,(H,26,27,28)/b25-12+. The molecule has 7 heteroatoms. The van der Waals surface area contributed by atoms with Gasteiger partial charge in [-0.05, 0) is 24.3 Å². The van der Waals surface area contributed by atoms with Gasteiger partial charge in [-0.3, -0.25) is 0 Å². The van der Waals surface area contributed by atoms with Crippen LogP contribution in [0.25, 0.3) is 22.2 Å². The molecule has 0 saturated heterocycles. The molecule has 0 radical (unpaired) electrons. The van der Waals surface area contributed by atoms with Crippen LogP contribution in [0.5, 0.6) is 0 Å². The Kier molecular flexibility index (Phi) is 5.44. The topological polar surface area (TPSA) is 50.2 Å². The summed E-state index contributed by atoms with van der Waals surface area (Å²) in [7, 11) is 0. The third-order valence-electron chi connectivity index (χ3n) is 4.06. The van der Waals surface area contributed by atoms with Gasteiger partial charge in [-0.25, -0.2) is 15.4 Å². The highest BCUT2D eigenvalue weighted by Crippen LogP contribution is 2.29. The number of hydrazone groups is 1. The molecule has 0 aliphatic rings. The first-order valence-corrected chi connectivity index (χ1v) is 9.51. The second-order valence-corrected chi connectivity index (χ2v) is 7.16. The van der Waals surface area contributed by atoms with Gasteiger partial charge in [0.25, 0.3) is 0 Å². The molecular weight excluding hydrogens is 415 g/mol. The predicted octanol–water partition coefficient (Wildman–Crippen LogP) is 6.70. The molecule has 0 atom stereocenters. The number of nitrogens with zero attached hydrogens (tertiary/aromatic N) is 3. The van der Waals surface area contributed by atoms with Crippen LogP contribution in [-0.4, -0.2) is 16.2 Å². The smallest absolute Gasteiger partial charge is 0.244 e. The van der Waals surface area contributed by atoms with Gasteiger partial charge in [0.2, 0.25) is 5.95 Å². The van der Waals surface area contributed by atoms with Crippen molar-refractivity contribution < 1.29 is 0 Å². The number of benzene rings is 3. The van der Waals surface area contributed by atoms with Crippen molar-refractivity contribution in [2.75, 3.05) is 5.43 Å². The van der Waals surface area contributed by atoms with Crippen LogP contribution < -0.4 is 5.43 Å². The maximum atomic E-state index is 6.18.